The predicted octanol–water partition coefficient (Wildman–Crippen LogP) is 3.89. The number of Topliss-reactive ketones (excluding diaryl/α,β-unsaturated/α-hetero) is 1. The summed E-state index contributed by atoms with van der Waals surface area (Å²) in [5, 5.41) is 2.19. The zero-order chi connectivity index (χ0) is 17.4. The zero-order valence-electron chi connectivity index (χ0n) is 13.7. The normalized spacial score (nSPS) is 18.2. The second-order valence-electron chi connectivity index (χ2n) is 6.64. The summed E-state index contributed by atoms with van der Waals surface area (Å²) < 4.78 is 0. The quantitative estimate of drug-likeness (QED) is 0.762. The monoisotopic (exact) mass is 346 g/mol. The summed E-state index contributed by atoms with van der Waals surface area (Å²) in [5.41, 5.74) is 7.90. The van der Waals surface area contributed by atoms with Crippen LogP contribution in [0.15, 0.2) is 60.9 Å². The summed E-state index contributed by atoms with van der Waals surface area (Å²) in [6.07, 6.45) is 4.93. The molecule has 0 bridgehead atoms. The molecule has 1 aromatic heterocycles. The molecule has 1 fully saturated rings. The average molecular weight is 346 g/mol. The van der Waals surface area contributed by atoms with Crippen molar-refractivity contribution in [1.29, 1.82) is 0 Å². The van der Waals surface area contributed by atoms with Crippen LogP contribution in [0.4, 0.5) is 0 Å². The lowest BCUT2D eigenvalue weighted by atomic mass is 10.0. The third kappa shape index (κ3) is 3.49. The van der Waals surface area contributed by atoms with Crippen LogP contribution in [0.3, 0.4) is 0 Å². The van der Waals surface area contributed by atoms with Crippen LogP contribution < -0.4 is 5.73 Å². The van der Waals surface area contributed by atoms with Gasteiger partial charge in [0.05, 0.1) is 0 Å². The second-order valence-corrected chi connectivity index (χ2v) is 6.64. The molecule has 1 saturated carbocycles. The first-order valence-electron chi connectivity index (χ1n) is 8.37. The van der Waals surface area contributed by atoms with E-state index >= 15 is 0 Å². The van der Waals surface area contributed by atoms with Gasteiger partial charge in [0.2, 0.25) is 5.91 Å². The molecule has 0 spiro atoms. The molecule has 4 heteroatoms. The van der Waals surface area contributed by atoms with E-state index in [1.165, 1.54) is 0 Å². The van der Waals surface area contributed by atoms with Crippen molar-refractivity contribution in [2.75, 3.05) is 0 Å². The molecule has 1 aliphatic rings. The van der Waals surface area contributed by atoms with E-state index in [2.05, 4.69) is 11.1 Å². The van der Waals surface area contributed by atoms with Crippen LogP contribution in [-0.2, 0) is 11.2 Å². The smallest absolute Gasteiger partial charge is 0.248 e. The van der Waals surface area contributed by atoms with Crippen molar-refractivity contribution in [3.05, 3.63) is 77.6 Å². The van der Waals surface area contributed by atoms with Crippen LogP contribution >= 0.6 is 0 Å². The third-order valence-corrected chi connectivity index (χ3v) is 4.91. The highest BCUT2D eigenvalue weighted by Crippen LogP contribution is 2.48. The minimum absolute atomic E-state index is 0. The van der Waals surface area contributed by atoms with Crippen molar-refractivity contribution in [2.45, 2.75) is 26.2 Å². The number of fused-ring (bicyclic) bond motifs is 1. The van der Waals surface area contributed by atoms with Crippen LogP contribution in [0.25, 0.3) is 10.8 Å². The number of nitrogens with zero attached hydrogens (tertiary/aromatic N) is 1. The number of ketones is 1. The number of aromatic nitrogens is 1. The molecule has 3 aromatic rings. The van der Waals surface area contributed by atoms with Gasteiger partial charge in [-0.05, 0) is 47.1 Å². The number of pyridine rings is 1. The molecular weight excluding hydrogens is 324 g/mol. The van der Waals surface area contributed by atoms with Crippen molar-refractivity contribution in [2.24, 2.45) is 11.7 Å². The van der Waals surface area contributed by atoms with Gasteiger partial charge in [-0.25, -0.2) is 0 Å². The van der Waals surface area contributed by atoms with Crippen molar-refractivity contribution in [1.82, 2.24) is 4.98 Å². The number of benzene rings is 2. The second kappa shape index (κ2) is 7.08. The first kappa shape index (κ1) is 17.8. The van der Waals surface area contributed by atoms with Gasteiger partial charge in [0.15, 0.2) is 0 Å². The number of nitrogens with two attached hydrogens (primary N) is 1. The topological polar surface area (TPSA) is 73.1 Å². The SMILES string of the molecule is C.NC(=O)c1ccc([C@@H]2C[C@H]2C(=O)Cc2ccc3cnccc3c2)cc1. The van der Waals surface area contributed by atoms with E-state index in [1.54, 1.807) is 18.3 Å². The van der Waals surface area contributed by atoms with Crippen molar-refractivity contribution < 1.29 is 9.59 Å². The highest BCUT2D eigenvalue weighted by molar-refractivity contribution is 5.93. The minimum atomic E-state index is -0.429. The Morgan fingerprint density at radius 2 is 1.81 bits per heavy atom. The fourth-order valence-corrected chi connectivity index (χ4v) is 3.39. The molecule has 4 nitrogen and oxygen atoms in total. The third-order valence-electron chi connectivity index (χ3n) is 4.91. The van der Waals surface area contributed by atoms with Gasteiger partial charge in [-0.2, -0.15) is 0 Å². The first-order valence-corrected chi connectivity index (χ1v) is 8.37. The molecular formula is C22H22N2O2. The lowest BCUT2D eigenvalue weighted by Crippen LogP contribution is -2.10. The summed E-state index contributed by atoms with van der Waals surface area (Å²) in [6, 6.07) is 15.3. The Morgan fingerprint density at radius 3 is 2.54 bits per heavy atom. The molecule has 26 heavy (non-hydrogen) atoms. The van der Waals surface area contributed by atoms with Crippen LogP contribution in [0.2, 0.25) is 0 Å². The van der Waals surface area contributed by atoms with E-state index in [0.717, 1.165) is 28.3 Å². The highest BCUT2D eigenvalue weighted by Gasteiger charge is 2.43. The van der Waals surface area contributed by atoms with Gasteiger partial charge >= 0.3 is 0 Å². The average Bonchev–Trinajstić information content (AvgIpc) is 3.42. The maximum atomic E-state index is 12.6. The predicted molar refractivity (Wildman–Crippen MR) is 103 cm³/mol. The number of carbonyl (C=O) groups is 2. The summed E-state index contributed by atoms with van der Waals surface area (Å²) in [6.45, 7) is 0. The molecule has 132 valence electrons. The number of primary amides is 1. The fourth-order valence-electron chi connectivity index (χ4n) is 3.39. The Hall–Kier alpha value is -3.01. The van der Waals surface area contributed by atoms with Crippen LogP contribution in [0.5, 0.6) is 0 Å². The molecule has 0 radical (unpaired) electrons. The lowest BCUT2D eigenvalue weighted by Gasteiger charge is -2.04. The summed E-state index contributed by atoms with van der Waals surface area (Å²) in [5.74, 6) is 0.186. The van der Waals surface area contributed by atoms with Gasteiger partial charge in [0.25, 0.3) is 0 Å². The molecule has 0 saturated heterocycles. The van der Waals surface area contributed by atoms with E-state index in [4.69, 9.17) is 5.73 Å². The van der Waals surface area contributed by atoms with Crippen LogP contribution in [0, 0.1) is 5.92 Å². The van der Waals surface area contributed by atoms with Gasteiger partial charge in [-0.1, -0.05) is 37.8 Å². The molecule has 0 unspecified atom stereocenters. The van der Waals surface area contributed by atoms with E-state index in [-0.39, 0.29) is 25.0 Å². The Morgan fingerprint density at radius 1 is 1.04 bits per heavy atom. The Balaban J connectivity index is 0.00000196. The standard InChI is InChI=1S/C21H18N2O2.CH4/c22-21(25)15-5-3-14(4-6-15)18-11-19(18)20(24)10-13-1-2-17-12-23-8-7-16(17)9-13;/h1-9,12,18-19H,10-11H2,(H2,22,25);1H4/t18-,19+;/m0./s1. The van der Waals surface area contributed by atoms with Gasteiger partial charge < -0.3 is 5.73 Å². The number of amides is 1. The largest absolute Gasteiger partial charge is 0.366 e. The van der Waals surface area contributed by atoms with Crippen molar-refractivity contribution in [3.63, 3.8) is 0 Å². The van der Waals surface area contributed by atoms with Gasteiger partial charge in [-0.3, -0.25) is 14.6 Å². The number of carbonyl (C=O) groups excluding carboxylic acids is 2. The number of hydrogen-bond acceptors (Lipinski definition) is 3. The Bertz CT molecular complexity index is 963. The van der Waals surface area contributed by atoms with E-state index in [0.29, 0.717) is 12.0 Å². The molecule has 2 N–H and O–H groups in total. The molecule has 2 aromatic carbocycles. The lowest BCUT2D eigenvalue weighted by molar-refractivity contribution is -0.119. The van der Waals surface area contributed by atoms with Crippen molar-refractivity contribution >= 4 is 22.5 Å². The molecule has 4 rings (SSSR count). The number of hydrogen-bond donors (Lipinski definition) is 1. The zero-order valence-corrected chi connectivity index (χ0v) is 13.7. The Labute approximate surface area is 153 Å². The van der Waals surface area contributed by atoms with Crippen LogP contribution in [0.1, 0.15) is 41.3 Å². The molecule has 1 amide bonds. The Kier molecular flexibility index (Phi) is 4.85. The van der Waals surface area contributed by atoms with Gasteiger partial charge in [0, 0.05) is 35.7 Å². The maximum Gasteiger partial charge on any atom is 0.248 e. The van der Waals surface area contributed by atoms with Crippen molar-refractivity contribution in [3.8, 4) is 0 Å². The number of rotatable bonds is 5. The van der Waals surface area contributed by atoms with E-state index < -0.39 is 5.91 Å². The minimum Gasteiger partial charge on any atom is -0.366 e. The molecule has 1 heterocycles. The maximum absolute atomic E-state index is 12.6. The molecule has 0 aliphatic heterocycles. The summed E-state index contributed by atoms with van der Waals surface area (Å²) in [7, 11) is 0. The van der Waals surface area contributed by atoms with Gasteiger partial charge in [0.1, 0.15) is 5.78 Å². The summed E-state index contributed by atoms with van der Waals surface area (Å²) in [4.78, 5) is 27.8. The summed E-state index contributed by atoms with van der Waals surface area (Å²) >= 11 is 0. The molecule has 2 atom stereocenters. The van der Waals surface area contributed by atoms with E-state index in [9.17, 15) is 9.59 Å². The molecule has 1 aliphatic carbocycles. The van der Waals surface area contributed by atoms with Crippen LogP contribution in [-0.4, -0.2) is 16.7 Å². The van der Waals surface area contributed by atoms with E-state index in [1.807, 2.05) is 36.5 Å². The fraction of sp³-hybridized carbons (Fsp3) is 0.227. The van der Waals surface area contributed by atoms with Gasteiger partial charge in [-0.15, -0.1) is 0 Å². The highest BCUT2D eigenvalue weighted by atomic mass is 16.1. The first-order chi connectivity index (χ1) is 12.1.